The molecule has 1 aromatic heterocycles. The highest BCUT2D eigenvalue weighted by atomic mass is 19.1. The molecule has 3 unspecified atom stereocenters. The van der Waals surface area contributed by atoms with Crippen molar-refractivity contribution in [1.29, 1.82) is 0 Å². The average molecular weight is 461 g/mol. The normalized spacial score (nSPS) is 28.2. The zero-order chi connectivity index (χ0) is 23.4. The fourth-order valence-corrected chi connectivity index (χ4v) is 5.74. The number of hydrogen-bond donors (Lipinski definition) is 0. The molecule has 1 saturated heterocycles. The van der Waals surface area contributed by atoms with Gasteiger partial charge in [-0.25, -0.2) is 14.4 Å². The molecule has 2 aromatic rings. The lowest BCUT2D eigenvalue weighted by molar-refractivity contribution is 0.184. The van der Waals surface area contributed by atoms with Crippen LogP contribution in [0.25, 0.3) is 0 Å². The van der Waals surface area contributed by atoms with Gasteiger partial charge in [-0.15, -0.1) is 0 Å². The first kappa shape index (κ1) is 21.8. The van der Waals surface area contributed by atoms with Crippen LogP contribution in [-0.4, -0.2) is 53.7 Å². The summed E-state index contributed by atoms with van der Waals surface area (Å²) < 4.78 is 20.7. The molecular formula is C28H33FN4O. The quantitative estimate of drug-likeness (QED) is 0.650. The van der Waals surface area contributed by atoms with Gasteiger partial charge in [0.15, 0.2) is 0 Å². The second kappa shape index (κ2) is 8.19. The molecule has 0 bridgehead atoms. The van der Waals surface area contributed by atoms with Crippen molar-refractivity contribution in [2.24, 2.45) is 10.9 Å². The van der Waals surface area contributed by atoms with Gasteiger partial charge in [0, 0.05) is 55.1 Å². The van der Waals surface area contributed by atoms with Crippen LogP contribution in [0.4, 0.5) is 4.39 Å². The van der Waals surface area contributed by atoms with E-state index in [4.69, 9.17) is 9.73 Å². The predicted octanol–water partition coefficient (Wildman–Crippen LogP) is 4.67. The second-order valence-corrected chi connectivity index (χ2v) is 10.7. The van der Waals surface area contributed by atoms with E-state index in [1.54, 1.807) is 6.07 Å². The highest BCUT2D eigenvalue weighted by Gasteiger charge is 2.45. The third-order valence-corrected chi connectivity index (χ3v) is 8.46. The molecule has 34 heavy (non-hydrogen) atoms. The van der Waals surface area contributed by atoms with Crippen LogP contribution in [0.3, 0.4) is 0 Å². The summed E-state index contributed by atoms with van der Waals surface area (Å²) in [5.74, 6) is 2.96. The summed E-state index contributed by atoms with van der Waals surface area (Å²) in [6.07, 6.45) is 7.49. The molecule has 1 aromatic carbocycles. The van der Waals surface area contributed by atoms with Crippen molar-refractivity contribution in [3.8, 4) is 5.88 Å². The molecule has 0 amide bonds. The minimum atomic E-state index is -0.259. The third-order valence-electron chi connectivity index (χ3n) is 8.46. The van der Waals surface area contributed by atoms with E-state index in [-0.39, 0.29) is 17.8 Å². The van der Waals surface area contributed by atoms with Gasteiger partial charge in [-0.1, -0.05) is 6.07 Å². The fraction of sp³-hybridized carbons (Fsp3) is 0.500. The lowest BCUT2D eigenvalue weighted by Crippen LogP contribution is -2.44. The monoisotopic (exact) mass is 460 g/mol. The van der Waals surface area contributed by atoms with E-state index in [2.05, 4.69) is 41.8 Å². The van der Waals surface area contributed by atoms with Gasteiger partial charge in [-0.05, 0) is 86.9 Å². The Morgan fingerprint density at radius 3 is 2.79 bits per heavy atom. The molecule has 2 fully saturated rings. The summed E-state index contributed by atoms with van der Waals surface area (Å²) in [6, 6.07) is 7.46. The predicted molar refractivity (Wildman–Crippen MR) is 132 cm³/mol. The zero-order valence-corrected chi connectivity index (χ0v) is 20.4. The number of fused-ring (bicyclic) bond motifs is 3. The van der Waals surface area contributed by atoms with Crippen LogP contribution < -0.4 is 4.74 Å². The molecule has 0 radical (unpaired) electrons. The summed E-state index contributed by atoms with van der Waals surface area (Å²) >= 11 is 0. The number of allylic oxidation sites excluding steroid dienone is 1. The molecule has 4 aliphatic rings. The van der Waals surface area contributed by atoms with Crippen molar-refractivity contribution >= 4 is 5.71 Å². The molecular weight excluding hydrogens is 427 g/mol. The van der Waals surface area contributed by atoms with E-state index < -0.39 is 0 Å². The fourth-order valence-electron chi connectivity index (χ4n) is 5.74. The zero-order valence-electron chi connectivity index (χ0n) is 20.4. The van der Waals surface area contributed by atoms with Gasteiger partial charge in [0.1, 0.15) is 18.2 Å². The topological polar surface area (TPSA) is 41.0 Å². The highest BCUT2D eigenvalue weighted by molar-refractivity contribution is 5.94. The van der Waals surface area contributed by atoms with Crippen LogP contribution in [0.1, 0.15) is 54.9 Å². The molecule has 6 heteroatoms. The highest BCUT2D eigenvalue weighted by Crippen LogP contribution is 2.56. The van der Waals surface area contributed by atoms with Gasteiger partial charge in [-0.2, -0.15) is 0 Å². The number of hydrogen-bond acceptors (Lipinski definition) is 5. The maximum absolute atomic E-state index is 14.7. The molecule has 5 nitrogen and oxygen atoms in total. The third kappa shape index (κ3) is 3.82. The Balaban J connectivity index is 1.17. The Labute approximate surface area is 201 Å². The number of likely N-dealkylation sites (N-methyl/N-ethyl adjacent to an activating group) is 1. The summed E-state index contributed by atoms with van der Waals surface area (Å²) in [4.78, 5) is 14.2. The maximum Gasteiger partial charge on any atom is 0.213 e. The lowest BCUT2D eigenvalue weighted by atomic mass is 9.74. The van der Waals surface area contributed by atoms with Crippen molar-refractivity contribution in [1.82, 2.24) is 14.8 Å². The summed E-state index contributed by atoms with van der Waals surface area (Å²) in [7, 11) is 2.16. The van der Waals surface area contributed by atoms with Crippen molar-refractivity contribution in [3.63, 3.8) is 0 Å². The molecule has 0 N–H and O–H groups in total. The minimum absolute atomic E-state index is 0.174. The van der Waals surface area contributed by atoms with Gasteiger partial charge in [0.25, 0.3) is 0 Å². The van der Waals surface area contributed by atoms with Crippen molar-refractivity contribution in [2.45, 2.75) is 51.0 Å². The number of aliphatic imine (C=N–C) groups is 1. The number of halogens is 1. The van der Waals surface area contributed by atoms with E-state index >= 15 is 0 Å². The van der Waals surface area contributed by atoms with Crippen LogP contribution >= 0.6 is 0 Å². The number of aromatic nitrogens is 1. The van der Waals surface area contributed by atoms with E-state index in [1.165, 1.54) is 17.5 Å². The molecule has 3 heterocycles. The second-order valence-electron chi connectivity index (χ2n) is 10.7. The Hall–Kier alpha value is -2.73. The van der Waals surface area contributed by atoms with Crippen LogP contribution in [0.5, 0.6) is 5.88 Å². The molecule has 6 rings (SSSR count). The number of ether oxygens (including phenoxy) is 1. The SMILES string of the molecule is CC1=NC(N2CCN(C)CC2)=CCC1(C)c1ccc(F)c(COc2cc3c(cn2)C2CC2C3)c1. The number of benzene rings is 1. The maximum atomic E-state index is 14.7. The van der Waals surface area contributed by atoms with Crippen molar-refractivity contribution in [3.05, 3.63) is 70.4 Å². The van der Waals surface area contributed by atoms with Gasteiger partial charge in [0.05, 0.1) is 0 Å². The number of piperazine rings is 1. The summed E-state index contributed by atoms with van der Waals surface area (Å²) in [5.41, 5.74) is 5.18. The summed E-state index contributed by atoms with van der Waals surface area (Å²) in [5, 5.41) is 0. The molecule has 3 atom stereocenters. The van der Waals surface area contributed by atoms with E-state index in [0.29, 0.717) is 11.4 Å². The molecule has 1 saturated carbocycles. The van der Waals surface area contributed by atoms with Gasteiger partial charge in [0.2, 0.25) is 5.88 Å². The summed E-state index contributed by atoms with van der Waals surface area (Å²) in [6.45, 7) is 8.61. The first-order chi connectivity index (χ1) is 16.4. The Kier molecular flexibility index (Phi) is 5.25. The van der Waals surface area contributed by atoms with Crippen LogP contribution in [-0.2, 0) is 18.4 Å². The van der Waals surface area contributed by atoms with E-state index in [1.807, 2.05) is 24.4 Å². The molecule has 2 aliphatic heterocycles. The van der Waals surface area contributed by atoms with Crippen molar-refractivity contribution < 1.29 is 9.13 Å². The largest absolute Gasteiger partial charge is 0.473 e. The average Bonchev–Trinajstić information content (AvgIpc) is 3.51. The number of nitrogens with zero attached hydrogens (tertiary/aromatic N) is 4. The van der Waals surface area contributed by atoms with Crippen LogP contribution in [0.2, 0.25) is 0 Å². The smallest absolute Gasteiger partial charge is 0.213 e. The standard InChI is InChI=1S/C28H33FN4O/c1-18-28(2,7-6-26(31-18)33-10-8-32(3)9-11-33)22-4-5-25(29)21(13-22)17-34-27-15-20-12-19-14-23(19)24(20)16-30-27/h4-6,13,15-16,19,23H,7-12,14,17H2,1-3H3. The first-order valence-electron chi connectivity index (χ1n) is 12.5. The van der Waals surface area contributed by atoms with Gasteiger partial charge < -0.3 is 14.5 Å². The first-order valence-corrected chi connectivity index (χ1v) is 12.5. The van der Waals surface area contributed by atoms with E-state index in [9.17, 15) is 4.39 Å². The Morgan fingerprint density at radius 2 is 2.00 bits per heavy atom. The molecule has 178 valence electrons. The minimum Gasteiger partial charge on any atom is -0.473 e. The van der Waals surface area contributed by atoms with E-state index in [0.717, 1.165) is 68.0 Å². The van der Waals surface area contributed by atoms with Crippen molar-refractivity contribution in [2.75, 3.05) is 33.2 Å². The van der Waals surface area contributed by atoms with Gasteiger partial charge >= 0.3 is 0 Å². The Morgan fingerprint density at radius 1 is 1.18 bits per heavy atom. The Bertz CT molecular complexity index is 1180. The van der Waals surface area contributed by atoms with Crippen LogP contribution in [0, 0.1) is 11.7 Å². The van der Waals surface area contributed by atoms with Crippen LogP contribution in [0.15, 0.2) is 47.4 Å². The molecule has 0 spiro atoms. The molecule has 2 aliphatic carbocycles. The number of rotatable bonds is 5. The number of pyridine rings is 1. The lowest BCUT2D eigenvalue weighted by Gasteiger charge is -2.38. The van der Waals surface area contributed by atoms with Gasteiger partial charge in [-0.3, -0.25) is 0 Å².